The van der Waals surface area contributed by atoms with Crippen LogP contribution in [0.4, 0.5) is 10.5 Å². The number of nitro groups is 1. The number of carbonyl (C=O) groups is 1. The number of nitrogens with zero attached hydrogens (tertiary/aromatic N) is 2. The molecule has 0 spiro atoms. The Morgan fingerprint density at radius 1 is 1.43 bits per heavy atom. The fourth-order valence-electron chi connectivity index (χ4n) is 2.07. The van der Waals surface area contributed by atoms with E-state index in [9.17, 15) is 19.1 Å². The van der Waals surface area contributed by atoms with Crippen LogP contribution in [-0.2, 0) is 26.6 Å². The van der Waals surface area contributed by atoms with Crippen LogP contribution < -0.4 is 0 Å². The predicted octanol–water partition coefficient (Wildman–Crippen LogP) is 2.35. The lowest BCUT2D eigenvalue weighted by atomic mass is 10.1. The Morgan fingerprint density at radius 3 is 2.57 bits per heavy atom. The molecule has 0 radical (unpaired) electrons. The lowest BCUT2D eigenvalue weighted by Gasteiger charge is -2.25. The molecule has 9 heteroatoms. The minimum Gasteiger partial charge on any atom is -0.443 e. The Morgan fingerprint density at radius 2 is 2.04 bits per heavy atom. The molecule has 1 amide bonds. The third-order valence-corrected chi connectivity index (χ3v) is 4.15. The second kappa shape index (κ2) is 6.63. The van der Waals surface area contributed by atoms with E-state index in [0.717, 1.165) is 9.87 Å². The van der Waals surface area contributed by atoms with Gasteiger partial charge in [0, 0.05) is 12.1 Å². The van der Waals surface area contributed by atoms with Gasteiger partial charge in [-0.2, -0.15) is 4.31 Å². The lowest BCUT2D eigenvalue weighted by molar-refractivity contribution is -0.384. The van der Waals surface area contributed by atoms with Gasteiger partial charge in [0.2, 0.25) is 0 Å². The summed E-state index contributed by atoms with van der Waals surface area (Å²) in [5, 5.41) is 10.6. The predicted molar refractivity (Wildman–Crippen MR) is 82.8 cm³/mol. The molecule has 1 fully saturated rings. The van der Waals surface area contributed by atoms with E-state index in [-0.39, 0.29) is 12.3 Å². The maximum Gasteiger partial charge on any atom is 0.424 e. The minimum atomic E-state index is -1.89. The summed E-state index contributed by atoms with van der Waals surface area (Å²) in [5.41, 5.74) is 0.0579. The highest BCUT2D eigenvalue weighted by Crippen LogP contribution is 2.23. The summed E-state index contributed by atoms with van der Waals surface area (Å²) in [6.45, 7) is 5.27. The van der Waals surface area contributed by atoms with E-state index in [0.29, 0.717) is 6.42 Å². The maximum atomic E-state index is 12.2. The smallest absolute Gasteiger partial charge is 0.424 e. The van der Waals surface area contributed by atoms with E-state index < -0.39 is 33.9 Å². The van der Waals surface area contributed by atoms with Gasteiger partial charge in [0.05, 0.1) is 17.6 Å². The minimum absolute atomic E-state index is 0.0102. The fourth-order valence-corrected chi connectivity index (χ4v) is 2.99. The number of hydrogen-bond acceptors (Lipinski definition) is 6. The van der Waals surface area contributed by atoms with E-state index in [4.69, 9.17) is 8.92 Å². The van der Waals surface area contributed by atoms with E-state index in [2.05, 4.69) is 0 Å². The number of non-ortho nitro benzene ring substituents is 1. The van der Waals surface area contributed by atoms with Gasteiger partial charge in [0.15, 0.2) is 0 Å². The summed E-state index contributed by atoms with van der Waals surface area (Å²) in [6, 6.07) is 5.53. The molecule has 0 N–H and O–H groups in total. The monoisotopic (exact) mass is 342 g/mol. The highest BCUT2D eigenvalue weighted by atomic mass is 32.2. The van der Waals surface area contributed by atoms with Crippen LogP contribution in [-0.4, -0.2) is 37.8 Å². The first kappa shape index (κ1) is 17.4. The van der Waals surface area contributed by atoms with E-state index in [1.165, 1.54) is 12.1 Å². The van der Waals surface area contributed by atoms with Gasteiger partial charge in [0.25, 0.3) is 17.0 Å². The first-order chi connectivity index (χ1) is 10.7. The number of carbonyl (C=O) groups excluding carboxylic acids is 1. The molecule has 126 valence electrons. The summed E-state index contributed by atoms with van der Waals surface area (Å²) in [5.74, 6) is 0. The normalized spacial score (nSPS) is 21.3. The highest BCUT2D eigenvalue weighted by Gasteiger charge is 2.39. The van der Waals surface area contributed by atoms with E-state index in [1.54, 1.807) is 32.9 Å². The molecular weight excluding hydrogens is 324 g/mol. The maximum absolute atomic E-state index is 12.2. The summed E-state index contributed by atoms with van der Waals surface area (Å²) in [6.07, 6.45) is -0.344. The zero-order valence-corrected chi connectivity index (χ0v) is 13.9. The number of amides is 1. The van der Waals surface area contributed by atoms with E-state index in [1.807, 2.05) is 0 Å². The molecule has 2 atom stereocenters. The Hall–Kier alpha value is -2.00. The van der Waals surface area contributed by atoms with E-state index >= 15 is 0 Å². The van der Waals surface area contributed by atoms with Crippen molar-refractivity contribution < 1.29 is 22.8 Å². The average molecular weight is 342 g/mol. The Bertz CT molecular complexity index is 625. The molecule has 0 saturated carbocycles. The lowest BCUT2D eigenvalue weighted by Crippen LogP contribution is -2.41. The van der Waals surface area contributed by atoms with Crippen molar-refractivity contribution in [1.29, 1.82) is 0 Å². The molecule has 1 aliphatic rings. The van der Waals surface area contributed by atoms with Gasteiger partial charge in [-0.15, -0.1) is 0 Å². The number of ether oxygens (including phenoxy) is 1. The molecule has 8 nitrogen and oxygen atoms in total. The van der Waals surface area contributed by atoms with Gasteiger partial charge in [-0.25, -0.2) is 9.00 Å². The quantitative estimate of drug-likeness (QED) is 0.617. The summed E-state index contributed by atoms with van der Waals surface area (Å²) in [4.78, 5) is 22.3. The molecule has 23 heavy (non-hydrogen) atoms. The molecule has 1 saturated heterocycles. The molecule has 0 aromatic heterocycles. The molecule has 2 rings (SSSR count). The van der Waals surface area contributed by atoms with Crippen LogP contribution in [0.1, 0.15) is 26.3 Å². The molecule has 0 bridgehead atoms. The third-order valence-electron chi connectivity index (χ3n) is 3.05. The number of benzene rings is 1. The molecule has 1 unspecified atom stereocenters. The van der Waals surface area contributed by atoms with Crippen molar-refractivity contribution >= 4 is 23.0 Å². The third kappa shape index (κ3) is 4.49. The van der Waals surface area contributed by atoms with Gasteiger partial charge in [-0.3, -0.25) is 14.3 Å². The van der Waals surface area contributed by atoms with Crippen LogP contribution in [0.3, 0.4) is 0 Å². The van der Waals surface area contributed by atoms with Crippen LogP contribution in [0.25, 0.3) is 0 Å². The average Bonchev–Trinajstić information content (AvgIpc) is 2.78. The molecule has 0 aliphatic carbocycles. The van der Waals surface area contributed by atoms with Gasteiger partial charge >= 0.3 is 6.09 Å². The summed E-state index contributed by atoms with van der Waals surface area (Å²) >= 11 is -1.89. The molecule has 1 aromatic rings. The van der Waals surface area contributed by atoms with Gasteiger partial charge < -0.3 is 4.74 Å². The van der Waals surface area contributed by atoms with Crippen LogP contribution >= 0.6 is 0 Å². The van der Waals surface area contributed by atoms with Crippen molar-refractivity contribution in [1.82, 2.24) is 4.31 Å². The van der Waals surface area contributed by atoms with Crippen LogP contribution in [0.2, 0.25) is 0 Å². The second-order valence-corrected chi connectivity index (χ2v) is 7.15. The van der Waals surface area contributed by atoms with Crippen molar-refractivity contribution in [3.05, 3.63) is 39.9 Å². The SMILES string of the molecule is CC(C)(C)OC(=O)N1[C@@H](Cc2ccc([N+](=O)[O-])cc2)COS1=O. The van der Waals surface area contributed by atoms with Gasteiger partial charge in [-0.05, 0) is 32.8 Å². The largest absolute Gasteiger partial charge is 0.443 e. The second-order valence-electron chi connectivity index (χ2n) is 6.09. The Balaban J connectivity index is 2.10. The molecular formula is C14H18N2O6S. The number of hydrogen-bond donors (Lipinski definition) is 0. The highest BCUT2D eigenvalue weighted by molar-refractivity contribution is 7.78. The Kier molecular flexibility index (Phi) is 5.00. The van der Waals surface area contributed by atoms with Gasteiger partial charge in [0.1, 0.15) is 5.60 Å². The van der Waals surface area contributed by atoms with Crippen LogP contribution in [0.5, 0.6) is 0 Å². The van der Waals surface area contributed by atoms with Crippen LogP contribution in [0.15, 0.2) is 24.3 Å². The van der Waals surface area contributed by atoms with Crippen molar-refractivity contribution in [2.75, 3.05) is 6.61 Å². The van der Waals surface area contributed by atoms with Crippen molar-refractivity contribution in [3.8, 4) is 0 Å². The number of nitro benzene ring substituents is 1. The standard InChI is InChI=1S/C14H18N2O6S/c1-14(2,3)22-13(17)15-12(9-21-23(15)20)8-10-4-6-11(7-5-10)16(18)19/h4-7,12H,8-9H2,1-3H3/t12-,23?/m0/s1. The van der Waals surface area contributed by atoms with Crippen molar-refractivity contribution in [2.24, 2.45) is 0 Å². The van der Waals surface area contributed by atoms with Gasteiger partial charge in [-0.1, -0.05) is 12.1 Å². The fraction of sp³-hybridized carbons (Fsp3) is 0.500. The number of rotatable bonds is 3. The summed E-state index contributed by atoms with van der Waals surface area (Å²) < 4.78 is 23.2. The molecule has 1 heterocycles. The molecule has 1 aromatic carbocycles. The zero-order chi connectivity index (χ0) is 17.2. The molecule has 1 aliphatic heterocycles. The topological polar surface area (TPSA) is 99.0 Å². The van der Waals surface area contributed by atoms with Crippen LogP contribution in [0, 0.1) is 10.1 Å². The first-order valence-corrected chi connectivity index (χ1v) is 8.01. The zero-order valence-electron chi connectivity index (χ0n) is 13.1. The first-order valence-electron chi connectivity index (χ1n) is 6.98. The van der Waals surface area contributed by atoms with Crippen molar-refractivity contribution in [3.63, 3.8) is 0 Å². The Labute approximate surface area is 136 Å². The van der Waals surface area contributed by atoms with Crippen molar-refractivity contribution in [2.45, 2.75) is 38.8 Å². The summed E-state index contributed by atoms with van der Waals surface area (Å²) in [7, 11) is 0.